The summed E-state index contributed by atoms with van der Waals surface area (Å²) in [4.78, 5) is 0. The van der Waals surface area contributed by atoms with E-state index in [0.717, 1.165) is 6.42 Å². The Balaban J connectivity index is 3.70. The zero-order valence-electron chi connectivity index (χ0n) is 10.6. The van der Waals surface area contributed by atoms with E-state index in [1.165, 1.54) is 44.3 Å². The molecule has 0 aliphatic rings. The highest BCUT2D eigenvalue weighted by molar-refractivity contribution is 7.98. The molecule has 88 valence electrons. The second kappa shape index (κ2) is 12.0. The Morgan fingerprint density at radius 1 is 1.07 bits per heavy atom. The fourth-order valence-electron chi connectivity index (χ4n) is 1.53. The molecule has 1 atom stereocenters. The number of unbranched alkanes of at least 4 members (excludes halogenated alkanes) is 4. The summed E-state index contributed by atoms with van der Waals surface area (Å²) in [5.41, 5.74) is 0. The molecule has 0 aromatic heterocycles. The first-order valence-corrected chi connectivity index (χ1v) is 7.71. The molecule has 1 unspecified atom stereocenters. The Bertz CT molecular complexity index is 176. The third-order valence-electron chi connectivity index (χ3n) is 2.49. The van der Waals surface area contributed by atoms with E-state index < -0.39 is 0 Å². The van der Waals surface area contributed by atoms with Crippen molar-refractivity contribution in [3.05, 3.63) is 0 Å². The minimum absolute atomic E-state index is 0.640. The Morgan fingerprint density at radius 3 is 2.40 bits per heavy atom. The molecule has 0 heterocycles. The molecule has 0 N–H and O–H groups in total. The molecule has 0 aliphatic carbocycles. The van der Waals surface area contributed by atoms with Crippen molar-refractivity contribution in [3.8, 4) is 11.8 Å². The van der Waals surface area contributed by atoms with Crippen LogP contribution in [0.3, 0.4) is 0 Å². The number of rotatable bonds is 8. The molecule has 0 saturated heterocycles. The van der Waals surface area contributed by atoms with E-state index in [4.69, 9.17) is 0 Å². The van der Waals surface area contributed by atoms with Crippen LogP contribution < -0.4 is 0 Å². The van der Waals surface area contributed by atoms with Gasteiger partial charge < -0.3 is 0 Å². The third kappa shape index (κ3) is 10.2. The lowest BCUT2D eigenvalue weighted by atomic mass is 10.0. The SMILES string of the molecule is CCCCCC#CC(CCCC)CSC. The first kappa shape index (κ1) is 14.9. The predicted molar refractivity (Wildman–Crippen MR) is 73.3 cm³/mol. The van der Waals surface area contributed by atoms with Gasteiger partial charge in [0, 0.05) is 18.1 Å². The molecule has 0 aromatic carbocycles. The Labute approximate surface area is 101 Å². The van der Waals surface area contributed by atoms with E-state index in [2.05, 4.69) is 31.9 Å². The van der Waals surface area contributed by atoms with Gasteiger partial charge in [-0.3, -0.25) is 0 Å². The molecule has 15 heavy (non-hydrogen) atoms. The summed E-state index contributed by atoms with van der Waals surface area (Å²) in [6, 6.07) is 0. The first-order valence-electron chi connectivity index (χ1n) is 6.32. The predicted octanol–water partition coefficient (Wildman–Crippen LogP) is 4.74. The van der Waals surface area contributed by atoms with Crippen LogP contribution in [0.4, 0.5) is 0 Å². The molecule has 0 rings (SSSR count). The van der Waals surface area contributed by atoms with Crippen LogP contribution in [0.5, 0.6) is 0 Å². The molecule has 0 amide bonds. The molecule has 0 radical (unpaired) electrons. The van der Waals surface area contributed by atoms with Gasteiger partial charge in [0.25, 0.3) is 0 Å². The van der Waals surface area contributed by atoms with Gasteiger partial charge in [-0.15, -0.1) is 5.92 Å². The zero-order chi connectivity index (χ0) is 11.4. The quantitative estimate of drug-likeness (QED) is 0.425. The molecule has 0 bridgehead atoms. The molecule has 0 aromatic rings. The largest absolute Gasteiger partial charge is 0.164 e. The second-order valence-electron chi connectivity index (χ2n) is 4.07. The van der Waals surface area contributed by atoms with Crippen LogP contribution in [0.15, 0.2) is 0 Å². The number of thioether (sulfide) groups is 1. The minimum atomic E-state index is 0.640. The van der Waals surface area contributed by atoms with Gasteiger partial charge in [0.1, 0.15) is 0 Å². The average Bonchev–Trinajstić information content (AvgIpc) is 2.25. The summed E-state index contributed by atoms with van der Waals surface area (Å²) >= 11 is 1.93. The number of hydrogen-bond acceptors (Lipinski definition) is 1. The van der Waals surface area contributed by atoms with Crippen LogP contribution in [0.2, 0.25) is 0 Å². The molecule has 0 saturated carbocycles. The Kier molecular flexibility index (Phi) is 11.9. The first-order chi connectivity index (χ1) is 7.35. The Morgan fingerprint density at radius 2 is 1.80 bits per heavy atom. The molecular formula is C14H26S. The van der Waals surface area contributed by atoms with E-state index in [1.807, 2.05) is 11.8 Å². The van der Waals surface area contributed by atoms with Gasteiger partial charge in [0.15, 0.2) is 0 Å². The monoisotopic (exact) mass is 226 g/mol. The van der Waals surface area contributed by atoms with Gasteiger partial charge in [-0.25, -0.2) is 0 Å². The highest BCUT2D eigenvalue weighted by Crippen LogP contribution is 2.12. The van der Waals surface area contributed by atoms with Crippen LogP contribution in [-0.2, 0) is 0 Å². The minimum Gasteiger partial charge on any atom is -0.164 e. The lowest BCUT2D eigenvalue weighted by Gasteiger charge is -2.07. The standard InChI is InChI=1S/C14H26S/c1-4-6-8-9-10-12-14(13-15-3)11-7-5-2/h14H,4-9,11,13H2,1-3H3. The lowest BCUT2D eigenvalue weighted by Crippen LogP contribution is -2.00. The van der Waals surface area contributed by atoms with E-state index >= 15 is 0 Å². The van der Waals surface area contributed by atoms with Gasteiger partial charge in [-0.05, 0) is 19.1 Å². The van der Waals surface area contributed by atoms with Gasteiger partial charge in [-0.2, -0.15) is 11.8 Å². The molecule has 0 nitrogen and oxygen atoms in total. The molecule has 1 heteroatoms. The van der Waals surface area contributed by atoms with Crippen LogP contribution in [0.25, 0.3) is 0 Å². The summed E-state index contributed by atoms with van der Waals surface area (Å²) in [6.07, 6.45) is 11.1. The van der Waals surface area contributed by atoms with E-state index in [0.29, 0.717) is 5.92 Å². The topological polar surface area (TPSA) is 0 Å². The van der Waals surface area contributed by atoms with Crippen molar-refractivity contribution < 1.29 is 0 Å². The fourth-order valence-corrected chi connectivity index (χ4v) is 2.18. The van der Waals surface area contributed by atoms with Crippen molar-refractivity contribution >= 4 is 11.8 Å². The molecular weight excluding hydrogens is 200 g/mol. The van der Waals surface area contributed by atoms with Gasteiger partial charge in [-0.1, -0.05) is 45.5 Å². The highest BCUT2D eigenvalue weighted by atomic mass is 32.2. The maximum Gasteiger partial charge on any atom is 0.0293 e. The zero-order valence-corrected chi connectivity index (χ0v) is 11.5. The van der Waals surface area contributed by atoms with Crippen LogP contribution >= 0.6 is 11.8 Å². The lowest BCUT2D eigenvalue weighted by molar-refractivity contribution is 0.620. The van der Waals surface area contributed by atoms with Gasteiger partial charge in [0.2, 0.25) is 0 Å². The number of hydrogen-bond donors (Lipinski definition) is 0. The molecule has 0 aliphatic heterocycles. The van der Waals surface area contributed by atoms with Crippen molar-refractivity contribution in [1.29, 1.82) is 0 Å². The average molecular weight is 226 g/mol. The van der Waals surface area contributed by atoms with Crippen molar-refractivity contribution in [2.75, 3.05) is 12.0 Å². The summed E-state index contributed by atoms with van der Waals surface area (Å²) < 4.78 is 0. The van der Waals surface area contributed by atoms with E-state index in [9.17, 15) is 0 Å². The summed E-state index contributed by atoms with van der Waals surface area (Å²) in [5.74, 6) is 8.64. The molecule has 0 spiro atoms. The third-order valence-corrected chi connectivity index (χ3v) is 3.22. The highest BCUT2D eigenvalue weighted by Gasteiger charge is 2.02. The maximum absolute atomic E-state index is 3.44. The summed E-state index contributed by atoms with van der Waals surface area (Å²) in [5, 5.41) is 0. The van der Waals surface area contributed by atoms with Gasteiger partial charge >= 0.3 is 0 Å². The Hall–Kier alpha value is -0.0900. The summed E-state index contributed by atoms with van der Waals surface area (Å²) in [6.45, 7) is 4.50. The smallest absolute Gasteiger partial charge is 0.0293 e. The summed E-state index contributed by atoms with van der Waals surface area (Å²) in [7, 11) is 0. The fraction of sp³-hybridized carbons (Fsp3) is 0.857. The van der Waals surface area contributed by atoms with E-state index in [-0.39, 0.29) is 0 Å². The van der Waals surface area contributed by atoms with Gasteiger partial charge in [0.05, 0.1) is 0 Å². The molecule has 0 fully saturated rings. The second-order valence-corrected chi connectivity index (χ2v) is 4.98. The maximum atomic E-state index is 3.44. The van der Waals surface area contributed by atoms with Crippen molar-refractivity contribution in [2.24, 2.45) is 5.92 Å². The normalized spacial score (nSPS) is 11.9. The van der Waals surface area contributed by atoms with Crippen molar-refractivity contribution in [1.82, 2.24) is 0 Å². The van der Waals surface area contributed by atoms with Crippen molar-refractivity contribution in [3.63, 3.8) is 0 Å². The van der Waals surface area contributed by atoms with Crippen LogP contribution in [0, 0.1) is 17.8 Å². The van der Waals surface area contributed by atoms with Crippen molar-refractivity contribution in [2.45, 2.75) is 58.8 Å². The van der Waals surface area contributed by atoms with Crippen LogP contribution in [0.1, 0.15) is 58.8 Å². The van der Waals surface area contributed by atoms with E-state index in [1.54, 1.807) is 0 Å². The van der Waals surface area contributed by atoms with Crippen LogP contribution in [-0.4, -0.2) is 12.0 Å².